The molecular weight excluding hydrogens is 432 g/mol. The van der Waals surface area contributed by atoms with Gasteiger partial charge in [0.25, 0.3) is 5.91 Å². The maximum atomic E-state index is 13.4. The lowest BCUT2D eigenvalue weighted by atomic mass is 10.1. The van der Waals surface area contributed by atoms with Crippen molar-refractivity contribution in [3.8, 4) is 17.6 Å². The van der Waals surface area contributed by atoms with Crippen molar-refractivity contribution in [1.82, 2.24) is 15.0 Å². The monoisotopic (exact) mass is 462 g/mol. The van der Waals surface area contributed by atoms with E-state index in [0.717, 1.165) is 23.4 Å². The number of methoxy groups -OCH3 is 1. The number of aromatic nitrogens is 1. The standard InChI is InChI=1S/C26H30N4O4/c1-18-23(19(2)34-28-18)17-33-24-11-10-22(14-25(24)32-5)26(31)30(13-12-29(3)4)16-21-8-6-20(15-27)7-9-21/h6-11,14H,12-13,16-17H2,1-5H3. The molecule has 0 radical (unpaired) electrons. The highest BCUT2D eigenvalue weighted by molar-refractivity contribution is 5.95. The topological polar surface area (TPSA) is 91.8 Å². The Morgan fingerprint density at radius 3 is 2.41 bits per heavy atom. The van der Waals surface area contributed by atoms with E-state index < -0.39 is 0 Å². The predicted molar refractivity (Wildman–Crippen MR) is 128 cm³/mol. The van der Waals surface area contributed by atoms with Crippen molar-refractivity contribution < 1.29 is 18.8 Å². The summed E-state index contributed by atoms with van der Waals surface area (Å²) in [6.45, 7) is 5.71. The minimum absolute atomic E-state index is 0.109. The highest BCUT2D eigenvalue weighted by atomic mass is 16.5. The zero-order valence-corrected chi connectivity index (χ0v) is 20.3. The molecular formula is C26H30N4O4. The van der Waals surface area contributed by atoms with Gasteiger partial charge in [-0.25, -0.2) is 0 Å². The summed E-state index contributed by atoms with van der Waals surface area (Å²) in [6.07, 6.45) is 0. The van der Waals surface area contributed by atoms with Gasteiger partial charge < -0.3 is 23.8 Å². The first kappa shape index (κ1) is 24.8. The minimum Gasteiger partial charge on any atom is -0.493 e. The Morgan fingerprint density at radius 1 is 1.09 bits per heavy atom. The molecule has 8 nitrogen and oxygen atoms in total. The minimum atomic E-state index is -0.109. The molecule has 0 saturated heterocycles. The van der Waals surface area contributed by atoms with E-state index >= 15 is 0 Å². The van der Waals surface area contributed by atoms with Gasteiger partial charge in [0.05, 0.1) is 30.0 Å². The fourth-order valence-electron chi connectivity index (χ4n) is 3.44. The molecule has 0 N–H and O–H groups in total. The van der Waals surface area contributed by atoms with Gasteiger partial charge in [-0.05, 0) is 63.8 Å². The van der Waals surface area contributed by atoms with Crippen LogP contribution in [-0.4, -0.2) is 55.2 Å². The Labute approximate surface area is 200 Å². The normalized spacial score (nSPS) is 10.7. The molecule has 0 fully saturated rings. The lowest BCUT2D eigenvalue weighted by Crippen LogP contribution is -2.36. The Hall–Kier alpha value is -3.83. The quantitative estimate of drug-likeness (QED) is 0.450. The fraction of sp³-hybridized carbons (Fsp3) is 0.346. The number of carbonyl (C=O) groups is 1. The van der Waals surface area contributed by atoms with Crippen LogP contribution in [0.25, 0.3) is 0 Å². The Bertz CT molecular complexity index is 1140. The van der Waals surface area contributed by atoms with E-state index in [-0.39, 0.29) is 5.91 Å². The summed E-state index contributed by atoms with van der Waals surface area (Å²) in [5.41, 5.74) is 3.72. The van der Waals surface area contributed by atoms with Gasteiger partial charge >= 0.3 is 0 Å². The number of nitriles is 1. The second kappa shape index (κ2) is 11.3. The van der Waals surface area contributed by atoms with Crippen LogP contribution in [0.15, 0.2) is 47.0 Å². The number of ether oxygens (including phenoxy) is 2. The summed E-state index contributed by atoms with van der Waals surface area (Å²) in [7, 11) is 5.49. The highest BCUT2D eigenvalue weighted by Crippen LogP contribution is 2.30. The van der Waals surface area contributed by atoms with Gasteiger partial charge in [0, 0.05) is 25.2 Å². The number of amides is 1. The van der Waals surface area contributed by atoms with Crippen LogP contribution in [0, 0.1) is 25.2 Å². The van der Waals surface area contributed by atoms with Crippen LogP contribution < -0.4 is 9.47 Å². The van der Waals surface area contributed by atoms with Crippen LogP contribution in [0.4, 0.5) is 0 Å². The first-order chi connectivity index (χ1) is 16.3. The van der Waals surface area contributed by atoms with Crippen LogP contribution in [0.2, 0.25) is 0 Å². The van der Waals surface area contributed by atoms with Gasteiger partial charge in [-0.1, -0.05) is 17.3 Å². The van der Waals surface area contributed by atoms with Crippen molar-refractivity contribution in [3.05, 3.63) is 76.2 Å². The van der Waals surface area contributed by atoms with Crippen molar-refractivity contribution >= 4 is 5.91 Å². The maximum Gasteiger partial charge on any atom is 0.254 e. The molecule has 1 aromatic heterocycles. The van der Waals surface area contributed by atoms with Crippen molar-refractivity contribution in [3.63, 3.8) is 0 Å². The second-order valence-corrected chi connectivity index (χ2v) is 8.30. The molecule has 0 aliphatic rings. The molecule has 0 saturated carbocycles. The molecule has 1 amide bonds. The molecule has 3 rings (SSSR count). The number of likely N-dealkylation sites (N-methyl/N-ethyl adjacent to an activating group) is 1. The van der Waals surface area contributed by atoms with Crippen molar-refractivity contribution in [2.24, 2.45) is 0 Å². The lowest BCUT2D eigenvalue weighted by Gasteiger charge is -2.25. The third kappa shape index (κ3) is 6.15. The summed E-state index contributed by atoms with van der Waals surface area (Å²) >= 11 is 0. The Morgan fingerprint density at radius 2 is 1.82 bits per heavy atom. The summed E-state index contributed by atoms with van der Waals surface area (Å²) in [6, 6.07) is 14.6. The Balaban J connectivity index is 1.79. The number of hydrogen-bond donors (Lipinski definition) is 0. The first-order valence-corrected chi connectivity index (χ1v) is 11.0. The number of hydrogen-bond acceptors (Lipinski definition) is 7. The molecule has 178 valence electrons. The highest BCUT2D eigenvalue weighted by Gasteiger charge is 2.19. The van der Waals surface area contributed by atoms with Crippen LogP contribution >= 0.6 is 0 Å². The smallest absolute Gasteiger partial charge is 0.254 e. The molecule has 0 bridgehead atoms. The second-order valence-electron chi connectivity index (χ2n) is 8.30. The van der Waals surface area contributed by atoms with Crippen molar-refractivity contribution in [1.29, 1.82) is 5.26 Å². The largest absolute Gasteiger partial charge is 0.493 e. The van der Waals surface area contributed by atoms with Gasteiger partial charge in [-0.3, -0.25) is 4.79 Å². The third-order valence-electron chi connectivity index (χ3n) is 5.52. The zero-order chi connectivity index (χ0) is 24.7. The first-order valence-electron chi connectivity index (χ1n) is 11.0. The molecule has 0 spiro atoms. The van der Waals surface area contributed by atoms with E-state index in [2.05, 4.69) is 11.2 Å². The lowest BCUT2D eigenvalue weighted by molar-refractivity contribution is 0.0731. The molecule has 8 heteroatoms. The maximum absolute atomic E-state index is 13.4. The molecule has 1 heterocycles. The zero-order valence-electron chi connectivity index (χ0n) is 20.3. The van der Waals surface area contributed by atoms with E-state index in [9.17, 15) is 4.79 Å². The summed E-state index contributed by atoms with van der Waals surface area (Å²) < 4.78 is 16.6. The average molecular weight is 463 g/mol. The molecule has 0 aliphatic heterocycles. The van der Waals surface area contributed by atoms with Gasteiger partial charge in [0.1, 0.15) is 12.4 Å². The van der Waals surface area contributed by atoms with Crippen molar-refractivity contribution in [2.75, 3.05) is 34.3 Å². The SMILES string of the molecule is COc1cc(C(=O)N(CCN(C)C)Cc2ccc(C#N)cc2)ccc1OCc1c(C)noc1C. The van der Waals surface area contributed by atoms with Gasteiger partial charge in [0.2, 0.25) is 0 Å². The molecule has 0 unspecified atom stereocenters. The van der Waals surface area contributed by atoms with E-state index in [4.69, 9.17) is 19.3 Å². The third-order valence-corrected chi connectivity index (χ3v) is 5.52. The number of benzene rings is 2. The summed E-state index contributed by atoms with van der Waals surface area (Å²) in [4.78, 5) is 17.3. The van der Waals surface area contributed by atoms with Crippen molar-refractivity contribution in [2.45, 2.75) is 27.0 Å². The van der Waals surface area contributed by atoms with E-state index in [1.54, 1.807) is 42.3 Å². The van der Waals surface area contributed by atoms with Gasteiger partial charge in [-0.2, -0.15) is 5.26 Å². The average Bonchev–Trinajstić information content (AvgIpc) is 3.17. The van der Waals surface area contributed by atoms with Crippen LogP contribution in [0.1, 0.15) is 38.5 Å². The molecule has 0 aliphatic carbocycles. The summed E-state index contributed by atoms with van der Waals surface area (Å²) in [5, 5.41) is 13.0. The van der Waals surface area contributed by atoms with Gasteiger partial charge in [-0.15, -0.1) is 0 Å². The number of nitrogens with zero attached hydrogens (tertiary/aromatic N) is 4. The number of carbonyl (C=O) groups excluding carboxylic acids is 1. The number of rotatable bonds is 10. The molecule has 34 heavy (non-hydrogen) atoms. The van der Waals surface area contributed by atoms with Crippen LogP contribution in [-0.2, 0) is 13.2 Å². The van der Waals surface area contributed by atoms with Crippen LogP contribution in [0.5, 0.6) is 11.5 Å². The molecule has 3 aromatic rings. The summed E-state index contributed by atoms with van der Waals surface area (Å²) in [5.74, 6) is 1.61. The predicted octanol–water partition coefficient (Wildman–Crippen LogP) is 3.95. The molecule has 0 atom stereocenters. The molecule has 2 aromatic carbocycles. The number of aryl methyl sites for hydroxylation is 2. The van der Waals surface area contributed by atoms with Crippen LogP contribution in [0.3, 0.4) is 0 Å². The van der Waals surface area contributed by atoms with E-state index in [1.165, 1.54) is 0 Å². The van der Waals surface area contributed by atoms with E-state index in [1.807, 2.05) is 45.0 Å². The fourth-order valence-corrected chi connectivity index (χ4v) is 3.44. The van der Waals surface area contributed by atoms with Gasteiger partial charge in [0.15, 0.2) is 11.5 Å². The Kier molecular flexibility index (Phi) is 8.28. The van der Waals surface area contributed by atoms with E-state index in [0.29, 0.717) is 48.1 Å².